The molecule has 810 valence electrons. The van der Waals surface area contributed by atoms with Gasteiger partial charge in [0.2, 0.25) is 65.5 Å². The Kier molecular flexibility index (Phi) is 31.9. The molecule has 150 heavy (non-hydrogen) atoms. The minimum absolute atomic E-state index is 0.0389. The summed E-state index contributed by atoms with van der Waals surface area (Å²) in [5, 5.41) is 17.6. The molecule has 0 spiro atoms. The van der Waals surface area contributed by atoms with Gasteiger partial charge in [0, 0.05) is 68.7 Å². The molecule has 10 N–H and O–H groups in total. The summed E-state index contributed by atoms with van der Waals surface area (Å²) in [6.45, 7) is 22.4. The standard InChI is InChI=1S/C38H52N6O8S.C34H43N5O9S.C33H41N5O9S/c1-4-26-19-38(26,34(47)42-53(50,51)28-15-16-28)40-32(45)30-18-27-21-44(30)33(46)31(24-11-5-6-12-24)39-35(48)41-37(2,3)17-8-7-10-23-13-9-14-25-20-43(22-29(23)25)36(49)52-27;1-3-5-12-27-30(41)39-19-24(16-28(39)29(40)36-34(17-23(34)4-2)31(42)37-49(45,46)25-13-14-25)48-33(44)38-18-22-11-8-10-21(26(22)20-38)9-6-7-15-47-32(43)35-27;1-4-22-15-33(22,30(41)36-48(44,45)24-11-12-24)35-28(39)26-14-23-17-38(26)29(40)27(19(2)3)34-31(42)46-13-6-5-8-20-9-7-10-21-16-37(18-25(20)21)32(43)47-23/h4,9,13-14,24,26-28,30-31H,1,5-8,10-12,15-22H2,2-3H3,(H,40,45)(H,42,47)(H2,39,41,48);4,6,8-11,23-25,27-28H,2-3,5,7,12-20H2,1H3,(H,35,43)(H,36,40)(H,37,42);4-5,7-10,19,22-24,26-27H,1,6,11-18H2,2-3H3,(H,34,42)(H,35,39)(H,36,41)/b;9-6+;8-5+/t26-,27-,30+,31+,38-;23-,24-,27+,28+,34-;22-,23-,26+,27+,33-/m111/s1. The van der Waals surface area contributed by atoms with E-state index in [1.807, 2.05) is 93.6 Å². The number of hydrogen-bond donors (Lipinski definition) is 10. The monoisotopic (exact) mass is 2130 g/mol. The fraction of sp³-hybridized carbons (Fsp3) is 0.590. The SMILES string of the molecule is C=C[C@@H]1C[C@]1(NC(=O)[C@@H]1C[C@@H]2CN1C(=O)[C@H](C(C)C)NC(=O)OCC/C=C/c1cccc3c1CN(C3)C(=O)O2)C(=O)NS(=O)(=O)C1CC1.C=C[C@@H]1C[C@]1(NC(=O)[C@@H]1C[C@@H]2CN1C(=O)[C@H](C1CCCC1)NC(=O)NC(C)(C)CCCCc1cccc3c1CN(C3)C(=O)O2)C(=O)NS(=O)(=O)C1CC1.C=C[C@@H]1C[C@]1(NC(=O)[C@@H]1C[C@@H]2CN1C(=O)[C@H](CCCC)NC(=O)OCC/C=C/c1cccc3c1CN(C3)C(=O)O2)C(=O)NS(=O)(=O)C1CC1. The molecule has 45 heteroatoms. The van der Waals surface area contributed by atoms with Crippen molar-refractivity contribution in [3.63, 3.8) is 0 Å². The van der Waals surface area contributed by atoms with Crippen LogP contribution < -0.4 is 51.4 Å². The molecule has 15 atom stereocenters. The number of sulfonamides is 3. The summed E-state index contributed by atoms with van der Waals surface area (Å²) in [6, 6.07) is 10.6. The van der Waals surface area contributed by atoms with Gasteiger partial charge in [0.25, 0.3) is 17.7 Å². The average Bonchev–Trinajstić information content (AvgIpc) is 1.58. The minimum Gasteiger partial charge on any atom is -0.449 e. The van der Waals surface area contributed by atoms with Gasteiger partial charge in [-0.05, 0) is 185 Å². The van der Waals surface area contributed by atoms with Crippen LogP contribution in [0.2, 0.25) is 0 Å². The van der Waals surface area contributed by atoms with Crippen molar-refractivity contribution in [1.82, 2.24) is 80.8 Å². The molecule has 12 bridgehead atoms. The zero-order valence-electron chi connectivity index (χ0n) is 85.2. The number of carbonyl (C=O) groups excluding carboxylic acids is 15. The van der Waals surface area contributed by atoms with Gasteiger partial charge in [-0.2, -0.15) is 0 Å². The van der Waals surface area contributed by atoms with Crippen LogP contribution in [0.4, 0.5) is 28.8 Å². The second-order valence-corrected chi connectivity index (χ2v) is 49.3. The van der Waals surface area contributed by atoms with Crippen LogP contribution in [-0.2, 0) is 143 Å². The van der Waals surface area contributed by atoms with E-state index in [1.165, 1.54) is 38.5 Å². The summed E-state index contributed by atoms with van der Waals surface area (Å²) < 4.78 is 111. The van der Waals surface area contributed by atoms with Crippen LogP contribution in [0.25, 0.3) is 12.2 Å². The average molecular weight is 2130 g/mol. The lowest BCUT2D eigenvalue weighted by Gasteiger charge is -2.33. The highest BCUT2D eigenvalue weighted by Crippen LogP contribution is 2.50. The highest BCUT2D eigenvalue weighted by molar-refractivity contribution is 7.91. The first kappa shape index (κ1) is 108. The number of amides is 16. The van der Waals surface area contributed by atoms with Gasteiger partial charge in [-0.1, -0.05) is 150 Å². The van der Waals surface area contributed by atoms with Crippen molar-refractivity contribution in [3.05, 3.63) is 155 Å². The number of fused-ring (bicyclic) bond motifs is 9. The van der Waals surface area contributed by atoms with Crippen LogP contribution in [0.15, 0.2) is 105 Å². The fourth-order valence-electron chi connectivity index (χ4n) is 22.2. The Morgan fingerprint density at radius 1 is 0.473 bits per heavy atom. The first-order valence-corrected chi connectivity index (χ1v) is 57.0. The number of urea groups is 1. The molecule has 9 aliphatic heterocycles. The van der Waals surface area contributed by atoms with E-state index in [0.29, 0.717) is 97.1 Å². The van der Waals surface area contributed by atoms with E-state index < -0.39 is 236 Å². The maximum absolute atomic E-state index is 14.6. The van der Waals surface area contributed by atoms with E-state index in [2.05, 4.69) is 77.2 Å². The Labute approximate surface area is 872 Å². The zero-order chi connectivity index (χ0) is 107. The van der Waals surface area contributed by atoms with Gasteiger partial charge in [-0.3, -0.25) is 72.0 Å². The number of rotatable bonds is 23. The van der Waals surface area contributed by atoms with Gasteiger partial charge in [0.05, 0.1) is 61.7 Å². The number of hydrogen-bond acceptors (Lipinski definition) is 26. The smallest absolute Gasteiger partial charge is 0.410 e. The highest BCUT2D eigenvalue weighted by atomic mass is 32.2. The number of nitrogens with one attached hydrogen (secondary N) is 10. The number of unbranched alkanes of at least 4 members (excludes halogenated alkanes) is 1. The van der Waals surface area contributed by atoms with Crippen molar-refractivity contribution in [1.29, 1.82) is 0 Å². The Hall–Kier alpha value is -12.9. The second-order valence-electron chi connectivity index (χ2n) is 43.5. The molecule has 0 aromatic heterocycles. The molecule has 42 nitrogen and oxygen atoms in total. The molecule has 3 aromatic rings. The summed E-state index contributed by atoms with van der Waals surface area (Å²) in [5.74, 6) is -8.43. The first-order chi connectivity index (χ1) is 71.5. The van der Waals surface area contributed by atoms with Crippen molar-refractivity contribution in [2.75, 3.05) is 32.8 Å². The Morgan fingerprint density at radius 2 is 0.860 bits per heavy atom. The van der Waals surface area contributed by atoms with E-state index >= 15 is 0 Å². The summed E-state index contributed by atoms with van der Waals surface area (Å²) in [4.78, 5) is 214. The van der Waals surface area contributed by atoms with Crippen LogP contribution in [0, 0.1) is 29.6 Å². The maximum Gasteiger partial charge on any atom is 0.410 e. The van der Waals surface area contributed by atoms with Crippen LogP contribution >= 0.6 is 0 Å². The number of benzene rings is 3. The molecular weight excluding hydrogens is 2000 g/mol. The molecule has 9 heterocycles. The zero-order valence-corrected chi connectivity index (χ0v) is 87.6. The number of carbonyl (C=O) groups is 15. The third-order valence-corrected chi connectivity index (χ3v) is 37.1. The van der Waals surface area contributed by atoms with Crippen LogP contribution in [0.5, 0.6) is 0 Å². The molecule has 7 saturated carbocycles. The number of aryl methyl sites for hydroxylation is 1. The Balaban J connectivity index is 0.000000153. The van der Waals surface area contributed by atoms with Gasteiger partial charge in [-0.15, -0.1) is 19.7 Å². The highest BCUT2D eigenvalue weighted by Gasteiger charge is 2.66. The van der Waals surface area contributed by atoms with E-state index in [0.717, 1.165) is 102 Å². The molecule has 19 rings (SSSR count). The number of ether oxygens (including phenoxy) is 5. The van der Waals surface area contributed by atoms with Crippen molar-refractivity contribution >= 4 is 132 Å². The van der Waals surface area contributed by atoms with Crippen molar-refractivity contribution in [3.8, 4) is 0 Å². The Morgan fingerprint density at radius 3 is 1.26 bits per heavy atom. The van der Waals surface area contributed by atoms with E-state index in [4.69, 9.17) is 23.7 Å². The molecule has 16 aliphatic rings. The lowest BCUT2D eigenvalue weighted by atomic mass is 9.93. The molecule has 16 amide bonds. The maximum atomic E-state index is 14.6. The van der Waals surface area contributed by atoms with Crippen molar-refractivity contribution in [2.45, 2.75) is 327 Å². The van der Waals surface area contributed by atoms with Crippen LogP contribution in [0.3, 0.4) is 0 Å². The predicted molar refractivity (Wildman–Crippen MR) is 543 cm³/mol. The van der Waals surface area contributed by atoms with E-state index in [9.17, 15) is 97.2 Å². The first-order valence-electron chi connectivity index (χ1n) is 52.4. The number of alkyl carbamates (subject to hydrolysis) is 2. The molecule has 3 saturated heterocycles. The predicted octanol–water partition coefficient (Wildman–Crippen LogP) is 7.57. The van der Waals surface area contributed by atoms with Crippen LogP contribution in [0.1, 0.15) is 239 Å². The van der Waals surface area contributed by atoms with E-state index in [1.54, 1.807) is 28.5 Å². The molecule has 7 aliphatic carbocycles. The summed E-state index contributed by atoms with van der Waals surface area (Å²) in [7, 11) is -11.7. The molecule has 10 fully saturated rings. The van der Waals surface area contributed by atoms with Crippen LogP contribution in [-0.4, -0.2) is 270 Å². The second kappa shape index (κ2) is 44.2. The van der Waals surface area contributed by atoms with Crippen molar-refractivity contribution < 1.29 is 121 Å². The topological polar surface area (TPSA) is 544 Å². The van der Waals surface area contributed by atoms with E-state index in [-0.39, 0.29) is 83.7 Å². The Bertz CT molecular complexity index is 6320. The number of cyclic esters (lactones) is 2. The fourth-order valence-corrected chi connectivity index (χ4v) is 26.3. The summed E-state index contributed by atoms with van der Waals surface area (Å²) in [5.41, 5.74) is 3.86. The quantitative estimate of drug-likeness (QED) is 0.0323. The van der Waals surface area contributed by atoms with Gasteiger partial charge >= 0.3 is 36.5 Å². The lowest BCUT2D eigenvalue weighted by Crippen LogP contribution is -2.60. The summed E-state index contributed by atoms with van der Waals surface area (Å²) >= 11 is 0. The summed E-state index contributed by atoms with van der Waals surface area (Å²) in [6.07, 6.45) is 18.1. The lowest BCUT2D eigenvalue weighted by molar-refractivity contribution is -0.142. The molecule has 0 unspecified atom stereocenters. The molecular formula is C105H136N16O26S3. The number of nitrogens with zero attached hydrogens (tertiary/aromatic N) is 6. The largest absolute Gasteiger partial charge is 0.449 e. The minimum atomic E-state index is -3.90. The third kappa shape index (κ3) is 24.1. The molecule has 0 radical (unpaired) electrons. The van der Waals surface area contributed by atoms with Gasteiger partial charge in [0.1, 0.15) is 71.2 Å². The van der Waals surface area contributed by atoms with Gasteiger partial charge < -0.3 is 75.6 Å². The van der Waals surface area contributed by atoms with Gasteiger partial charge in [0.15, 0.2) is 0 Å². The normalized spacial score (nSPS) is 29.8. The third-order valence-electron chi connectivity index (χ3n) is 31.6. The van der Waals surface area contributed by atoms with Gasteiger partial charge in [-0.25, -0.2) is 54.0 Å². The van der Waals surface area contributed by atoms with Crippen molar-refractivity contribution in [2.24, 2.45) is 29.6 Å². The molecule has 3 aromatic carbocycles.